The number of rotatable bonds is 12. The minimum absolute atomic E-state index is 0.276. The first-order valence-electron chi connectivity index (χ1n) is 8.91. The molecule has 0 unspecified atom stereocenters. The van der Waals surface area contributed by atoms with E-state index in [-0.39, 0.29) is 5.97 Å². The van der Waals surface area contributed by atoms with Crippen molar-refractivity contribution < 1.29 is 14.3 Å². The van der Waals surface area contributed by atoms with E-state index >= 15 is 0 Å². The topological polar surface area (TPSA) is 35.5 Å². The summed E-state index contributed by atoms with van der Waals surface area (Å²) >= 11 is 0. The molecule has 0 atom stereocenters. The molecule has 3 nitrogen and oxygen atoms in total. The van der Waals surface area contributed by atoms with E-state index in [1.807, 2.05) is 25.1 Å². The number of hydrogen-bond acceptors (Lipinski definition) is 3. The largest absolute Gasteiger partial charge is 0.460 e. The van der Waals surface area contributed by atoms with Crippen molar-refractivity contribution in [3.05, 3.63) is 35.4 Å². The lowest BCUT2D eigenvalue weighted by molar-refractivity contribution is 0.0312. The second-order valence-electron chi connectivity index (χ2n) is 6.57. The second-order valence-corrected chi connectivity index (χ2v) is 6.57. The highest BCUT2D eigenvalue weighted by molar-refractivity contribution is 5.89. The Kier molecular flexibility index (Phi) is 10.4. The molecular formula is C20H32O3. The molecule has 0 aliphatic rings. The van der Waals surface area contributed by atoms with Crippen LogP contribution in [0.15, 0.2) is 24.3 Å². The van der Waals surface area contributed by atoms with Crippen LogP contribution in [0.5, 0.6) is 0 Å². The van der Waals surface area contributed by atoms with Gasteiger partial charge in [0.05, 0.1) is 12.2 Å². The molecule has 0 spiro atoms. The maximum absolute atomic E-state index is 11.8. The minimum atomic E-state index is -0.276. The molecule has 0 fully saturated rings. The quantitative estimate of drug-likeness (QED) is 0.394. The van der Waals surface area contributed by atoms with Crippen molar-refractivity contribution in [2.45, 2.75) is 59.3 Å². The highest BCUT2D eigenvalue weighted by atomic mass is 16.6. The molecule has 0 saturated carbocycles. The smallest absolute Gasteiger partial charge is 0.338 e. The third-order valence-corrected chi connectivity index (χ3v) is 3.78. The molecule has 1 aromatic carbocycles. The summed E-state index contributed by atoms with van der Waals surface area (Å²) in [4.78, 5) is 11.8. The molecule has 130 valence electrons. The van der Waals surface area contributed by atoms with Crippen molar-refractivity contribution >= 4 is 5.97 Å². The normalized spacial score (nSPS) is 11.0. The Morgan fingerprint density at radius 3 is 2.48 bits per heavy atom. The average molecular weight is 320 g/mol. The number of ether oxygens (including phenoxy) is 2. The standard InChI is InChI=1S/C20H32O3/c1-17(2)10-7-5-4-6-8-13-22-14-15-23-20(21)19-12-9-11-18(3)16-19/h9,11-12,16-17H,4-8,10,13-15H2,1-3H3. The van der Waals surface area contributed by atoms with Gasteiger partial charge in [0.15, 0.2) is 0 Å². The molecule has 0 heterocycles. The molecule has 3 heteroatoms. The van der Waals surface area contributed by atoms with Crippen LogP contribution in [0.4, 0.5) is 0 Å². The number of aryl methyl sites for hydroxylation is 1. The van der Waals surface area contributed by atoms with E-state index in [1.165, 1.54) is 32.1 Å². The summed E-state index contributed by atoms with van der Waals surface area (Å²) in [5.74, 6) is 0.545. The fourth-order valence-electron chi connectivity index (χ4n) is 2.44. The van der Waals surface area contributed by atoms with Crippen LogP contribution in [0.3, 0.4) is 0 Å². The molecule has 0 saturated heterocycles. The van der Waals surface area contributed by atoms with Crippen LogP contribution in [-0.2, 0) is 9.47 Å². The highest BCUT2D eigenvalue weighted by Crippen LogP contribution is 2.10. The van der Waals surface area contributed by atoms with Gasteiger partial charge in [0.25, 0.3) is 0 Å². The van der Waals surface area contributed by atoms with Gasteiger partial charge in [-0.25, -0.2) is 4.79 Å². The summed E-state index contributed by atoms with van der Waals surface area (Å²) in [7, 11) is 0. The third-order valence-electron chi connectivity index (χ3n) is 3.78. The van der Waals surface area contributed by atoms with Gasteiger partial charge in [0, 0.05) is 6.61 Å². The predicted molar refractivity (Wildman–Crippen MR) is 94.8 cm³/mol. The minimum Gasteiger partial charge on any atom is -0.460 e. The van der Waals surface area contributed by atoms with Crippen molar-refractivity contribution in [2.24, 2.45) is 5.92 Å². The third kappa shape index (κ3) is 10.1. The summed E-state index contributed by atoms with van der Waals surface area (Å²) in [5, 5.41) is 0. The van der Waals surface area contributed by atoms with Crippen molar-refractivity contribution in [2.75, 3.05) is 19.8 Å². The lowest BCUT2D eigenvalue weighted by Crippen LogP contribution is -2.11. The maximum atomic E-state index is 11.8. The van der Waals surface area contributed by atoms with E-state index in [2.05, 4.69) is 13.8 Å². The van der Waals surface area contributed by atoms with E-state index in [9.17, 15) is 4.79 Å². The summed E-state index contributed by atoms with van der Waals surface area (Å²) < 4.78 is 10.7. The molecule has 0 aliphatic heterocycles. The molecule has 0 aliphatic carbocycles. The zero-order chi connectivity index (χ0) is 16.9. The van der Waals surface area contributed by atoms with Gasteiger partial charge in [-0.1, -0.05) is 63.6 Å². The van der Waals surface area contributed by atoms with Crippen LogP contribution in [-0.4, -0.2) is 25.8 Å². The summed E-state index contributed by atoms with van der Waals surface area (Å²) in [5.41, 5.74) is 1.66. The molecule has 1 aromatic rings. The van der Waals surface area contributed by atoms with Crippen LogP contribution in [0.25, 0.3) is 0 Å². The lowest BCUT2D eigenvalue weighted by Gasteiger charge is -2.07. The average Bonchev–Trinajstić information content (AvgIpc) is 2.52. The Morgan fingerprint density at radius 2 is 1.74 bits per heavy atom. The van der Waals surface area contributed by atoms with Crippen LogP contribution in [0.1, 0.15) is 68.3 Å². The summed E-state index contributed by atoms with van der Waals surface area (Å²) in [6, 6.07) is 7.43. The van der Waals surface area contributed by atoms with Crippen LogP contribution < -0.4 is 0 Å². The molecule has 23 heavy (non-hydrogen) atoms. The zero-order valence-corrected chi connectivity index (χ0v) is 15.0. The van der Waals surface area contributed by atoms with Crippen molar-refractivity contribution in [3.63, 3.8) is 0 Å². The fraction of sp³-hybridized carbons (Fsp3) is 0.650. The summed E-state index contributed by atoms with van der Waals surface area (Å²) in [6.45, 7) is 8.07. The van der Waals surface area contributed by atoms with Gasteiger partial charge in [0.2, 0.25) is 0 Å². The van der Waals surface area contributed by atoms with Gasteiger partial charge in [0.1, 0.15) is 6.61 Å². The van der Waals surface area contributed by atoms with Gasteiger partial charge >= 0.3 is 5.97 Å². The summed E-state index contributed by atoms with van der Waals surface area (Å²) in [6.07, 6.45) is 7.61. The second kappa shape index (κ2) is 12.1. The Labute approximate surface area is 141 Å². The van der Waals surface area contributed by atoms with Crippen molar-refractivity contribution in [1.82, 2.24) is 0 Å². The van der Waals surface area contributed by atoms with E-state index in [0.29, 0.717) is 18.8 Å². The number of unbranched alkanes of at least 4 members (excludes halogenated alkanes) is 4. The van der Waals surface area contributed by atoms with Gasteiger partial charge < -0.3 is 9.47 Å². The first kappa shape index (κ1) is 19.7. The number of carbonyl (C=O) groups excluding carboxylic acids is 1. The van der Waals surface area contributed by atoms with Gasteiger partial charge in [-0.2, -0.15) is 0 Å². The SMILES string of the molecule is Cc1cccc(C(=O)OCCOCCCCCCCC(C)C)c1. The van der Waals surface area contributed by atoms with Crippen molar-refractivity contribution in [1.29, 1.82) is 0 Å². The molecule has 0 amide bonds. The monoisotopic (exact) mass is 320 g/mol. The molecule has 0 N–H and O–H groups in total. The molecule has 0 bridgehead atoms. The highest BCUT2D eigenvalue weighted by Gasteiger charge is 2.06. The van der Waals surface area contributed by atoms with Gasteiger partial charge in [-0.15, -0.1) is 0 Å². The van der Waals surface area contributed by atoms with Gasteiger partial charge in [-0.3, -0.25) is 0 Å². The van der Waals surface area contributed by atoms with Gasteiger partial charge in [-0.05, 0) is 31.4 Å². The number of hydrogen-bond donors (Lipinski definition) is 0. The Balaban J connectivity index is 1.92. The molecule has 0 aromatic heterocycles. The Bertz CT molecular complexity index is 440. The lowest BCUT2D eigenvalue weighted by atomic mass is 10.0. The molecular weight excluding hydrogens is 288 g/mol. The Morgan fingerprint density at radius 1 is 1.00 bits per heavy atom. The maximum Gasteiger partial charge on any atom is 0.338 e. The zero-order valence-electron chi connectivity index (χ0n) is 15.0. The fourth-order valence-corrected chi connectivity index (χ4v) is 2.44. The van der Waals surface area contributed by atoms with Crippen LogP contribution >= 0.6 is 0 Å². The van der Waals surface area contributed by atoms with E-state index < -0.39 is 0 Å². The number of esters is 1. The molecule has 0 radical (unpaired) electrons. The first-order chi connectivity index (χ1) is 11.1. The Hall–Kier alpha value is -1.35. The predicted octanol–water partition coefficient (Wildman–Crippen LogP) is 5.17. The van der Waals surface area contributed by atoms with Crippen LogP contribution in [0, 0.1) is 12.8 Å². The molecule has 1 rings (SSSR count). The van der Waals surface area contributed by atoms with Crippen LogP contribution in [0.2, 0.25) is 0 Å². The van der Waals surface area contributed by atoms with E-state index in [0.717, 1.165) is 24.5 Å². The van der Waals surface area contributed by atoms with E-state index in [4.69, 9.17) is 9.47 Å². The first-order valence-corrected chi connectivity index (χ1v) is 8.91. The van der Waals surface area contributed by atoms with Crippen molar-refractivity contribution in [3.8, 4) is 0 Å². The number of benzene rings is 1. The number of carbonyl (C=O) groups is 1. The van der Waals surface area contributed by atoms with E-state index in [1.54, 1.807) is 6.07 Å².